The number of pyridine rings is 1. The summed E-state index contributed by atoms with van der Waals surface area (Å²) in [5, 5.41) is 6.24. The minimum absolute atomic E-state index is 0.476. The molecule has 84 valence electrons. The summed E-state index contributed by atoms with van der Waals surface area (Å²) in [6.07, 6.45) is 1.67. The molecule has 0 bridgehead atoms. The number of hydrogen-bond acceptors (Lipinski definition) is 4. The summed E-state index contributed by atoms with van der Waals surface area (Å²) in [7, 11) is 0. The number of fused-ring (bicyclic) bond motifs is 1. The highest BCUT2D eigenvalue weighted by Crippen LogP contribution is 2.29. The van der Waals surface area contributed by atoms with Crippen LogP contribution in [0.15, 0.2) is 35.0 Å². The Hall–Kier alpha value is -1.94. The van der Waals surface area contributed by atoms with Gasteiger partial charge in [0.25, 0.3) is 0 Å². The monoisotopic (exact) mass is 245 g/mol. The Morgan fingerprint density at radius 3 is 2.82 bits per heavy atom. The van der Waals surface area contributed by atoms with Crippen LogP contribution in [0.5, 0.6) is 0 Å². The lowest BCUT2D eigenvalue weighted by Crippen LogP contribution is -1.85. The van der Waals surface area contributed by atoms with Gasteiger partial charge in [0.05, 0.1) is 0 Å². The molecule has 4 nitrogen and oxygen atoms in total. The van der Waals surface area contributed by atoms with Crippen molar-refractivity contribution < 1.29 is 4.52 Å². The minimum atomic E-state index is 0.476. The normalized spacial score (nSPS) is 10.9. The molecule has 0 aliphatic carbocycles. The number of halogens is 1. The largest absolute Gasteiger partial charge is 0.339 e. The first-order valence-corrected chi connectivity index (χ1v) is 5.47. The maximum absolute atomic E-state index is 6.05. The van der Waals surface area contributed by atoms with E-state index in [0.717, 1.165) is 16.3 Å². The first-order valence-electron chi connectivity index (χ1n) is 5.09. The van der Waals surface area contributed by atoms with E-state index in [2.05, 4.69) is 15.1 Å². The standard InChI is InChI=1S/C12H8ClN3O/c1-7-15-12(16-17-7)10-4-2-3-9-8(10)5-6-14-11(9)13/h2-6H,1H3. The van der Waals surface area contributed by atoms with E-state index in [1.807, 2.05) is 24.3 Å². The summed E-state index contributed by atoms with van der Waals surface area (Å²) in [5.41, 5.74) is 0.892. The zero-order valence-corrected chi connectivity index (χ0v) is 9.77. The molecule has 2 heterocycles. The van der Waals surface area contributed by atoms with Gasteiger partial charge in [0.1, 0.15) is 5.15 Å². The van der Waals surface area contributed by atoms with Crippen molar-refractivity contribution in [2.24, 2.45) is 0 Å². The van der Waals surface area contributed by atoms with E-state index >= 15 is 0 Å². The molecule has 0 unspecified atom stereocenters. The van der Waals surface area contributed by atoms with Gasteiger partial charge in [-0.15, -0.1) is 0 Å². The van der Waals surface area contributed by atoms with Crippen LogP contribution in [-0.2, 0) is 0 Å². The minimum Gasteiger partial charge on any atom is -0.339 e. The maximum Gasteiger partial charge on any atom is 0.223 e. The van der Waals surface area contributed by atoms with Crippen LogP contribution in [0.2, 0.25) is 5.15 Å². The van der Waals surface area contributed by atoms with Gasteiger partial charge in [-0.05, 0) is 11.5 Å². The van der Waals surface area contributed by atoms with Crippen LogP contribution >= 0.6 is 11.6 Å². The fourth-order valence-corrected chi connectivity index (χ4v) is 2.00. The van der Waals surface area contributed by atoms with E-state index in [1.54, 1.807) is 13.1 Å². The lowest BCUT2D eigenvalue weighted by Gasteiger charge is -2.03. The summed E-state index contributed by atoms with van der Waals surface area (Å²) >= 11 is 6.05. The molecule has 0 radical (unpaired) electrons. The average molecular weight is 246 g/mol. The van der Waals surface area contributed by atoms with E-state index in [0.29, 0.717) is 16.9 Å². The maximum atomic E-state index is 6.05. The first kappa shape index (κ1) is 10.2. The Bertz CT molecular complexity index is 693. The number of aryl methyl sites for hydroxylation is 1. The second-order valence-corrected chi connectivity index (χ2v) is 4.00. The van der Waals surface area contributed by atoms with Crippen LogP contribution < -0.4 is 0 Å². The third-order valence-corrected chi connectivity index (χ3v) is 2.83. The van der Waals surface area contributed by atoms with Crippen LogP contribution in [0.1, 0.15) is 5.89 Å². The van der Waals surface area contributed by atoms with Gasteiger partial charge in [-0.3, -0.25) is 0 Å². The van der Waals surface area contributed by atoms with Gasteiger partial charge in [0, 0.05) is 24.1 Å². The van der Waals surface area contributed by atoms with Gasteiger partial charge in [-0.25, -0.2) is 4.98 Å². The Balaban J connectivity index is 2.34. The highest BCUT2D eigenvalue weighted by atomic mass is 35.5. The molecule has 1 aromatic carbocycles. The second kappa shape index (κ2) is 3.82. The Labute approximate surface area is 102 Å². The van der Waals surface area contributed by atoms with Gasteiger partial charge < -0.3 is 4.52 Å². The van der Waals surface area contributed by atoms with E-state index in [1.165, 1.54) is 0 Å². The van der Waals surface area contributed by atoms with Gasteiger partial charge in [-0.2, -0.15) is 4.98 Å². The van der Waals surface area contributed by atoms with Crippen molar-refractivity contribution in [3.63, 3.8) is 0 Å². The van der Waals surface area contributed by atoms with E-state index in [4.69, 9.17) is 16.1 Å². The molecule has 0 saturated carbocycles. The third-order valence-electron chi connectivity index (χ3n) is 2.53. The number of aromatic nitrogens is 3. The van der Waals surface area contributed by atoms with Crippen LogP contribution in [-0.4, -0.2) is 15.1 Å². The van der Waals surface area contributed by atoms with Crippen molar-refractivity contribution in [3.8, 4) is 11.4 Å². The Morgan fingerprint density at radius 1 is 1.18 bits per heavy atom. The second-order valence-electron chi connectivity index (χ2n) is 3.64. The van der Waals surface area contributed by atoms with E-state index < -0.39 is 0 Å². The van der Waals surface area contributed by atoms with Crippen molar-refractivity contribution in [3.05, 3.63) is 41.5 Å². The molecule has 3 rings (SSSR count). The van der Waals surface area contributed by atoms with Crippen molar-refractivity contribution in [1.29, 1.82) is 0 Å². The molecule has 0 N–H and O–H groups in total. The Morgan fingerprint density at radius 2 is 2.06 bits per heavy atom. The predicted octanol–water partition coefficient (Wildman–Crippen LogP) is 3.25. The van der Waals surface area contributed by atoms with Gasteiger partial charge >= 0.3 is 0 Å². The van der Waals surface area contributed by atoms with Crippen molar-refractivity contribution >= 4 is 22.4 Å². The number of benzene rings is 1. The van der Waals surface area contributed by atoms with Gasteiger partial charge in [0.15, 0.2) is 0 Å². The molecule has 2 aromatic heterocycles. The lowest BCUT2D eigenvalue weighted by atomic mass is 10.1. The molecule has 0 aliphatic rings. The number of hydrogen-bond donors (Lipinski definition) is 0. The number of rotatable bonds is 1. The van der Waals surface area contributed by atoms with Crippen LogP contribution in [0, 0.1) is 6.92 Å². The molecule has 0 saturated heterocycles. The fourth-order valence-electron chi connectivity index (χ4n) is 1.78. The molecule has 5 heteroatoms. The summed E-state index contributed by atoms with van der Waals surface area (Å²) in [4.78, 5) is 8.27. The van der Waals surface area contributed by atoms with Crippen LogP contribution in [0.3, 0.4) is 0 Å². The third kappa shape index (κ3) is 1.66. The summed E-state index contributed by atoms with van der Waals surface area (Å²) in [6.45, 7) is 1.76. The zero-order valence-electron chi connectivity index (χ0n) is 9.01. The zero-order chi connectivity index (χ0) is 11.8. The molecule has 17 heavy (non-hydrogen) atoms. The van der Waals surface area contributed by atoms with E-state index in [-0.39, 0.29) is 0 Å². The molecular formula is C12H8ClN3O. The highest BCUT2D eigenvalue weighted by Gasteiger charge is 2.10. The van der Waals surface area contributed by atoms with Crippen LogP contribution in [0.4, 0.5) is 0 Å². The molecule has 0 fully saturated rings. The molecule has 0 atom stereocenters. The van der Waals surface area contributed by atoms with Crippen molar-refractivity contribution in [2.75, 3.05) is 0 Å². The first-order chi connectivity index (χ1) is 8.25. The molecule has 0 amide bonds. The van der Waals surface area contributed by atoms with Crippen LogP contribution in [0.25, 0.3) is 22.2 Å². The number of nitrogens with zero attached hydrogens (tertiary/aromatic N) is 3. The SMILES string of the molecule is Cc1nc(-c2cccc3c(Cl)nccc23)no1. The quantitative estimate of drug-likeness (QED) is 0.618. The Kier molecular flexibility index (Phi) is 2.30. The highest BCUT2D eigenvalue weighted by molar-refractivity contribution is 6.34. The fraction of sp³-hybridized carbons (Fsp3) is 0.0833. The average Bonchev–Trinajstić information content (AvgIpc) is 2.76. The van der Waals surface area contributed by atoms with Gasteiger partial charge in [-0.1, -0.05) is 35.0 Å². The van der Waals surface area contributed by atoms with Crippen molar-refractivity contribution in [2.45, 2.75) is 6.92 Å². The molecule has 0 aliphatic heterocycles. The summed E-state index contributed by atoms with van der Waals surface area (Å²) in [5.74, 6) is 1.10. The molecule has 3 aromatic rings. The van der Waals surface area contributed by atoms with E-state index in [9.17, 15) is 0 Å². The smallest absolute Gasteiger partial charge is 0.223 e. The predicted molar refractivity (Wildman–Crippen MR) is 64.8 cm³/mol. The summed E-state index contributed by atoms with van der Waals surface area (Å²) in [6, 6.07) is 7.64. The molecule has 0 spiro atoms. The molecular weight excluding hydrogens is 238 g/mol. The lowest BCUT2D eigenvalue weighted by molar-refractivity contribution is 0.394. The summed E-state index contributed by atoms with van der Waals surface area (Å²) < 4.78 is 4.99. The van der Waals surface area contributed by atoms with Crippen molar-refractivity contribution in [1.82, 2.24) is 15.1 Å². The topological polar surface area (TPSA) is 51.8 Å². The van der Waals surface area contributed by atoms with Gasteiger partial charge in [0.2, 0.25) is 11.7 Å².